The Kier molecular flexibility index (Phi) is 4.48. The molecule has 0 radical (unpaired) electrons. The monoisotopic (exact) mass is 368 g/mol. The zero-order chi connectivity index (χ0) is 18.1. The summed E-state index contributed by atoms with van der Waals surface area (Å²) in [4.78, 5) is 18.1. The summed E-state index contributed by atoms with van der Waals surface area (Å²) < 4.78 is 1.02. The van der Waals surface area contributed by atoms with E-state index in [1.807, 2.05) is 46.7 Å². The highest BCUT2D eigenvalue weighted by atomic mass is 32.1. The van der Waals surface area contributed by atoms with Gasteiger partial charge in [0.25, 0.3) is 0 Å². The van der Waals surface area contributed by atoms with Crippen LogP contribution in [0.3, 0.4) is 0 Å². The Labute approximate surface area is 155 Å². The minimum atomic E-state index is -0.942. The first-order valence-electron chi connectivity index (χ1n) is 8.64. The number of fused-ring (bicyclic) bond motifs is 1. The molecule has 1 saturated heterocycles. The van der Waals surface area contributed by atoms with Crippen LogP contribution < -0.4 is 0 Å². The van der Waals surface area contributed by atoms with E-state index in [0.29, 0.717) is 25.9 Å². The van der Waals surface area contributed by atoms with E-state index < -0.39 is 17.6 Å². The summed E-state index contributed by atoms with van der Waals surface area (Å²) in [6.07, 6.45) is 4.35. The number of benzene rings is 1. The Morgan fingerprint density at radius 3 is 2.69 bits per heavy atom. The highest BCUT2D eigenvalue weighted by Crippen LogP contribution is 2.38. The topological polar surface area (TPSA) is 73.7 Å². The third-order valence-electron chi connectivity index (χ3n) is 5.23. The number of thiophene rings is 1. The van der Waals surface area contributed by atoms with Crippen LogP contribution >= 0.6 is 11.3 Å². The number of aliphatic carboxylic acids is 1. The average molecular weight is 368 g/mol. The molecule has 4 rings (SSSR count). The second-order valence-electron chi connectivity index (χ2n) is 6.74. The summed E-state index contributed by atoms with van der Waals surface area (Å²) in [7, 11) is 0. The molecule has 6 heteroatoms. The third-order valence-corrected chi connectivity index (χ3v) is 6.21. The SMILES string of the molecule is O=C(O)[C@@H](c1cccc2ccsc12)N1CCC(O)(c2cccnc2)CC1. The van der Waals surface area contributed by atoms with Gasteiger partial charge in [-0.2, -0.15) is 0 Å². The molecule has 0 aliphatic carbocycles. The van der Waals surface area contributed by atoms with E-state index in [9.17, 15) is 15.0 Å². The Morgan fingerprint density at radius 1 is 1.19 bits per heavy atom. The van der Waals surface area contributed by atoms with E-state index in [0.717, 1.165) is 21.2 Å². The van der Waals surface area contributed by atoms with Crippen LogP contribution in [0.15, 0.2) is 54.2 Å². The van der Waals surface area contributed by atoms with Crippen molar-refractivity contribution in [2.45, 2.75) is 24.5 Å². The lowest BCUT2D eigenvalue weighted by Gasteiger charge is -2.40. The molecule has 1 aliphatic heterocycles. The molecule has 2 N–H and O–H groups in total. The molecular formula is C20H20N2O3S. The minimum absolute atomic E-state index is 0.489. The molecule has 3 heterocycles. The van der Waals surface area contributed by atoms with E-state index >= 15 is 0 Å². The smallest absolute Gasteiger partial charge is 0.325 e. The highest BCUT2D eigenvalue weighted by Gasteiger charge is 2.39. The number of piperidine rings is 1. The van der Waals surface area contributed by atoms with Crippen molar-refractivity contribution in [1.82, 2.24) is 9.88 Å². The van der Waals surface area contributed by atoms with Gasteiger partial charge in [0.15, 0.2) is 0 Å². The van der Waals surface area contributed by atoms with Gasteiger partial charge in [-0.05, 0) is 41.3 Å². The van der Waals surface area contributed by atoms with Crippen molar-refractivity contribution in [3.8, 4) is 0 Å². The number of pyridine rings is 1. The van der Waals surface area contributed by atoms with Gasteiger partial charge in [-0.15, -0.1) is 11.3 Å². The number of carboxylic acid groups (broad SMARTS) is 1. The normalized spacial score (nSPS) is 18.7. The number of nitrogens with zero attached hydrogens (tertiary/aromatic N) is 2. The fourth-order valence-electron chi connectivity index (χ4n) is 3.80. The predicted molar refractivity (Wildman–Crippen MR) is 101 cm³/mol. The highest BCUT2D eigenvalue weighted by molar-refractivity contribution is 7.17. The number of carboxylic acids is 1. The Bertz CT molecular complexity index is 917. The molecule has 1 atom stereocenters. The zero-order valence-electron chi connectivity index (χ0n) is 14.2. The van der Waals surface area contributed by atoms with Gasteiger partial charge >= 0.3 is 5.97 Å². The van der Waals surface area contributed by atoms with Crippen molar-refractivity contribution < 1.29 is 15.0 Å². The number of aromatic nitrogens is 1. The number of aliphatic hydroxyl groups is 1. The summed E-state index contributed by atoms with van der Waals surface area (Å²) in [5.74, 6) is -0.849. The van der Waals surface area contributed by atoms with E-state index in [-0.39, 0.29) is 0 Å². The van der Waals surface area contributed by atoms with Crippen LogP contribution in [-0.4, -0.2) is 39.2 Å². The molecular weight excluding hydrogens is 348 g/mol. The van der Waals surface area contributed by atoms with Crippen molar-refractivity contribution in [3.05, 3.63) is 65.3 Å². The maximum absolute atomic E-state index is 12.1. The number of carbonyl (C=O) groups is 1. The molecule has 134 valence electrons. The maximum atomic E-state index is 12.1. The predicted octanol–water partition coefficient (Wildman–Crippen LogP) is 3.41. The van der Waals surface area contributed by atoms with Crippen molar-refractivity contribution in [2.24, 2.45) is 0 Å². The van der Waals surface area contributed by atoms with E-state index in [2.05, 4.69) is 4.98 Å². The van der Waals surface area contributed by atoms with Gasteiger partial charge in [0, 0.05) is 35.7 Å². The Hall–Kier alpha value is -2.28. The fraction of sp³-hybridized carbons (Fsp3) is 0.300. The Balaban J connectivity index is 1.60. The van der Waals surface area contributed by atoms with Crippen molar-refractivity contribution in [3.63, 3.8) is 0 Å². The van der Waals surface area contributed by atoms with Crippen molar-refractivity contribution in [2.75, 3.05) is 13.1 Å². The van der Waals surface area contributed by atoms with Gasteiger partial charge in [-0.1, -0.05) is 24.3 Å². The first-order chi connectivity index (χ1) is 12.6. The first kappa shape index (κ1) is 17.1. The molecule has 26 heavy (non-hydrogen) atoms. The van der Waals surface area contributed by atoms with E-state index in [1.54, 1.807) is 23.7 Å². The summed E-state index contributed by atoms with van der Waals surface area (Å²) in [5, 5.41) is 24.0. The zero-order valence-corrected chi connectivity index (χ0v) is 15.0. The van der Waals surface area contributed by atoms with Gasteiger partial charge in [0.1, 0.15) is 6.04 Å². The second-order valence-corrected chi connectivity index (χ2v) is 7.65. The van der Waals surface area contributed by atoms with Crippen molar-refractivity contribution in [1.29, 1.82) is 0 Å². The van der Waals surface area contributed by atoms with Gasteiger partial charge in [0.05, 0.1) is 5.60 Å². The van der Waals surface area contributed by atoms with Crippen LogP contribution in [0.5, 0.6) is 0 Å². The number of hydrogen-bond acceptors (Lipinski definition) is 5. The first-order valence-corrected chi connectivity index (χ1v) is 9.52. The van der Waals surface area contributed by atoms with Crippen LogP contribution in [-0.2, 0) is 10.4 Å². The van der Waals surface area contributed by atoms with Crippen LogP contribution in [0.4, 0.5) is 0 Å². The summed E-state index contributed by atoms with van der Waals surface area (Å²) in [6, 6.07) is 10.8. The van der Waals surface area contributed by atoms with E-state index in [4.69, 9.17) is 0 Å². The van der Waals surface area contributed by atoms with Crippen LogP contribution in [0, 0.1) is 0 Å². The molecule has 1 aliphatic rings. The van der Waals surface area contributed by atoms with Gasteiger partial charge in [-0.25, -0.2) is 0 Å². The van der Waals surface area contributed by atoms with Gasteiger partial charge < -0.3 is 10.2 Å². The number of hydrogen-bond donors (Lipinski definition) is 2. The van der Waals surface area contributed by atoms with Crippen molar-refractivity contribution >= 4 is 27.4 Å². The fourth-order valence-corrected chi connectivity index (χ4v) is 4.73. The molecule has 0 amide bonds. The average Bonchev–Trinajstić information content (AvgIpc) is 3.14. The lowest BCUT2D eigenvalue weighted by atomic mass is 9.84. The molecule has 0 bridgehead atoms. The standard InChI is InChI=1S/C20H20N2O3S/c23-19(24)17(16-5-1-3-14-6-12-26-18(14)16)22-10-7-20(25,8-11-22)15-4-2-9-21-13-15/h1-6,9,12-13,17,25H,7-8,10-11H2,(H,23,24)/t17-/m1/s1. The van der Waals surface area contributed by atoms with Crippen LogP contribution in [0.2, 0.25) is 0 Å². The molecule has 0 spiro atoms. The number of rotatable bonds is 4. The number of likely N-dealkylation sites (tertiary alicyclic amines) is 1. The molecule has 0 saturated carbocycles. The maximum Gasteiger partial charge on any atom is 0.325 e. The Morgan fingerprint density at radius 2 is 2.00 bits per heavy atom. The molecule has 1 fully saturated rings. The molecule has 2 aromatic heterocycles. The third kappa shape index (κ3) is 3.00. The summed E-state index contributed by atoms with van der Waals surface area (Å²) in [6.45, 7) is 1.04. The summed E-state index contributed by atoms with van der Waals surface area (Å²) in [5.41, 5.74) is 0.687. The lowest BCUT2D eigenvalue weighted by molar-refractivity contribution is -0.145. The molecule has 5 nitrogen and oxygen atoms in total. The second kappa shape index (κ2) is 6.79. The molecule has 0 unspecified atom stereocenters. The molecule has 3 aromatic rings. The largest absolute Gasteiger partial charge is 0.480 e. The molecule has 1 aromatic carbocycles. The quantitative estimate of drug-likeness (QED) is 0.738. The van der Waals surface area contributed by atoms with Crippen LogP contribution in [0.1, 0.15) is 30.0 Å². The van der Waals surface area contributed by atoms with Gasteiger partial charge in [-0.3, -0.25) is 14.7 Å². The van der Waals surface area contributed by atoms with E-state index in [1.165, 1.54) is 0 Å². The van der Waals surface area contributed by atoms with Crippen LogP contribution in [0.25, 0.3) is 10.1 Å². The lowest BCUT2D eigenvalue weighted by Crippen LogP contribution is -2.46. The minimum Gasteiger partial charge on any atom is -0.480 e. The van der Waals surface area contributed by atoms with Gasteiger partial charge in [0.2, 0.25) is 0 Å². The summed E-state index contributed by atoms with van der Waals surface area (Å²) >= 11 is 1.57.